The number of rotatable bonds is 0. The van der Waals surface area contributed by atoms with Gasteiger partial charge in [0.05, 0.1) is 15.3 Å². The van der Waals surface area contributed by atoms with E-state index in [0.717, 1.165) is 0 Å². The summed E-state index contributed by atoms with van der Waals surface area (Å²) in [5, 5.41) is 44.2. The van der Waals surface area contributed by atoms with Gasteiger partial charge in [0.15, 0.2) is 0 Å². The maximum Gasteiger partial charge on any atom is 3.00 e. The second kappa shape index (κ2) is 38.2. The van der Waals surface area contributed by atoms with Crippen molar-refractivity contribution in [1.29, 1.82) is 0 Å². The topological polar surface area (TPSA) is 293 Å². The van der Waals surface area contributed by atoms with E-state index >= 15 is 0 Å². The van der Waals surface area contributed by atoms with Crippen LogP contribution in [0, 0.1) is 46.0 Å². The van der Waals surface area contributed by atoms with Gasteiger partial charge in [-0.15, -0.1) is 0 Å². The van der Waals surface area contributed by atoms with E-state index in [9.17, 15) is 0 Å². The minimum atomic E-state index is -1.75. The van der Waals surface area contributed by atoms with E-state index in [0.29, 0.717) is 0 Å². The van der Waals surface area contributed by atoms with Gasteiger partial charge in [-0.3, -0.25) is 0 Å². The van der Waals surface area contributed by atoms with Gasteiger partial charge < -0.3 is 62.4 Å². The Morgan fingerprint density at radius 2 is 0.500 bits per heavy atom. The molecule has 0 heterocycles. The van der Waals surface area contributed by atoms with Crippen molar-refractivity contribution in [3.8, 4) is 0 Å². The summed E-state index contributed by atoms with van der Waals surface area (Å²) in [5.41, 5.74) is 0. The van der Waals surface area contributed by atoms with Crippen molar-refractivity contribution >= 4 is 0 Å². The molecule has 0 aromatic carbocycles. The molecule has 16 heteroatoms. The zero-order valence-corrected chi connectivity index (χ0v) is 7.97. The Kier molecular flexibility index (Phi) is 115. The van der Waals surface area contributed by atoms with Crippen LogP contribution in [0.25, 0.3) is 0 Å². The van der Waals surface area contributed by atoms with Gasteiger partial charge in [-0.1, -0.05) is 0 Å². The standard InChI is InChI=1S/Fe.3NO3.3H2O/c;3*2-1(3)4;;;/h;;;;3*1H2/q+3;3*-1;;;. The Bertz CT molecular complexity index is 114. The summed E-state index contributed by atoms with van der Waals surface area (Å²) < 4.78 is 0. The third kappa shape index (κ3) is 363. The number of hydrogen-bond donors (Lipinski definition) is 0. The van der Waals surface area contributed by atoms with Crippen molar-refractivity contribution in [3.63, 3.8) is 0 Å². The monoisotopic (exact) mass is 296 g/mol. The third-order valence-corrected chi connectivity index (χ3v) is 0. The molecule has 0 saturated heterocycles. The molecule has 0 aliphatic rings. The van der Waals surface area contributed by atoms with E-state index in [1.807, 2.05) is 0 Å². The average Bonchev–Trinajstić information content (AvgIpc) is 1.54. The van der Waals surface area contributed by atoms with Crippen molar-refractivity contribution in [1.82, 2.24) is 0 Å². The second-order valence-corrected chi connectivity index (χ2v) is 0.671. The summed E-state index contributed by atoms with van der Waals surface area (Å²) in [6, 6.07) is 0. The molecule has 0 saturated carbocycles. The molecule has 0 unspecified atom stereocenters. The molecule has 15 nitrogen and oxygen atoms in total. The fraction of sp³-hybridized carbons (Fsp3) is 0. The van der Waals surface area contributed by atoms with E-state index in [1.54, 1.807) is 0 Å². The Labute approximate surface area is 95.6 Å². The fourth-order valence-corrected chi connectivity index (χ4v) is 0. The molecule has 101 valence electrons. The molecule has 0 aromatic rings. The number of hydrogen-bond acceptors (Lipinski definition) is 9. The minimum absolute atomic E-state index is 0. The van der Waals surface area contributed by atoms with Crippen molar-refractivity contribution in [2.24, 2.45) is 0 Å². The maximum absolute atomic E-state index is 8.25. The first-order chi connectivity index (χ1) is 5.20. The van der Waals surface area contributed by atoms with Gasteiger partial charge in [-0.25, -0.2) is 0 Å². The van der Waals surface area contributed by atoms with Gasteiger partial charge in [0.2, 0.25) is 0 Å². The molecule has 1 radical (unpaired) electrons. The molecule has 0 fully saturated rings. The van der Waals surface area contributed by atoms with Crippen LogP contribution in [0.15, 0.2) is 0 Å². The minimum Gasteiger partial charge on any atom is -0.412 e. The van der Waals surface area contributed by atoms with E-state index in [-0.39, 0.29) is 33.5 Å². The Balaban J connectivity index is -0.0000000135. The molecular formula is H6FeN3O12. The van der Waals surface area contributed by atoms with Crippen LogP contribution < -0.4 is 0 Å². The summed E-state index contributed by atoms with van der Waals surface area (Å²) in [4.78, 5) is 24.8. The first-order valence-corrected chi connectivity index (χ1v) is 1.64. The van der Waals surface area contributed by atoms with Crippen LogP contribution in [0.3, 0.4) is 0 Å². The van der Waals surface area contributed by atoms with Gasteiger partial charge in [0.1, 0.15) is 0 Å². The normalized spacial score (nSPS) is 4.50. The Morgan fingerprint density at radius 3 is 0.500 bits per heavy atom. The SMILES string of the molecule is O.O.O.O=[N+]([O-])[O-].O=[N+]([O-])[O-].O=[N+]([O-])[O-].[Fe+3]. The van der Waals surface area contributed by atoms with Crippen LogP contribution in [0.1, 0.15) is 0 Å². The van der Waals surface area contributed by atoms with Crippen LogP contribution >= 0.6 is 0 Å². The fourth-order valence-electron chi connectivity index (χ4n) is 0. The zero-order valence-electron chi connectivity index (χ0n) is 6.87. The van der Waals surface area contributed by atoms with Crippen LogP contribution in [0.2, 0.25) is 0 Å². The molecule has 6 N–H and O–H groups in total. The molecule has 0 amide bonds. The van der Waals surface area contributed by atoms with E-state index in [1.165, 1.54) is 0 Å². The molecule has 0 aliphatic carbocycles. The second-order valence-electron chi connectivity index (χ2n) is 0.671. The molecule has 16 heavy (non-hydrogen) atoms. The molecule has 0 bridgehead atoms. The predicted molar refractivity (Wildman–Crippen MR) is 41.9 cm³/mol. The first kappa shape index (κ1) is 48.3. The Hall–Kier alpha value is -2.00. The van der Waals surface area contributed by atoms with E-state index in [4.69, 9.17) is 46.0 Å². The summed E-state index contributed by atoms with van der Waals surface area (Å²) >= 11 is 0. The largest absolute Gasteiger partial charge is 3.00 e. The van der Waals surface area contributed by atoms with Crippen LogP contribution in [-0.2, 0) is 17.1 Å². The summed E-state index contributed by atoms with van der Waals surface area (Å²) in [5.74, 6) is 0. The maximum atomic E-state index is 8.25. The molecule has 0 rings (SSSR count). The van der Waals surface area contributed by atoms with Gasteiger partial charge in [-0.05, 0) is 0 Å². The smallest absolute Gasteiger partial charge is 0.412 e. The number of nitrogens with zero attached hydrogens (tertiary/aromatic N) is 3. The first-order valence-electron chi connectivity index (χ1n) is 1.64. The summed E-state index contributed by atoms with van der Waals surface area (Å²) in [6.45, 7) is 0. The third-order valence-electron chi connectivity index (χ3n) is 0. The molecule has 0 atom stereocenters. The summed E-state index contributed by atoms with van der Waals surface area (Å²) in [7, 11) is 0. The molecular weight excluding hydrogens is 290 g/mol. The van der Waals surface area contributed by atoms with Gasteiger partial charge >= 0.3 is 17.1 Å². The van der Waals surface area contributed by atoms with Crippen LogP contribution in [0.4, 0.5) is 0 Å². The van der Waals surface area contributed by atoms with Crippen molar-refractivity contribution in [2.45, 2.75) is 0 Å². The van der Waals surface area contributed by atoms with E-state index < -0.39 is 15.3 Å². The van der Waals surface area contributed by atoms with Gasteiger partial charge in [0, 0.05) is 0 Å². The molecule has 0 aromatic heterocycles. The van der Waals surface area contributed by atoms with Gasteiger partial charge in [-0.2, -0.15) is 0 Å². The van der Waals surface area contributed by atoms with Crippen LogP contribution in [-0.4, -0.2) is 31.7 Å². The van der Waals surface area contributed by atoms with Crippen molar-refractivity contribution in [3.05, 3.63) is 46.0 Å². The zero-order chi connectivity index (χ0) is 10.7. The van der Waals surface area contributed by atoms with Gasteiger partial charge in [0.25, 0.3) is 0 Å². The summed E-state index contributed by atoms with van der Waals surface area (Å²) in [6.07, 6.45) is 0. The predicted octanol–water partition coefficient (Wildman–Crippen LogP) is -3.19. The van der Waals surface area contributed by atoms with Crippen molar-refractivity contribution < 1.29 is 48.8 Å². The Morgan fingerprint density at radius 1 is 0.500 bits per heavy atom. The quantitative estimate of drug-likeness (QED) is 0.246. The van der Waals surface area contributed by atoms with E-state index in [2.05, 4.69) is 0 Å². The molecule has 0 spiro atoms. The van der Waals surface area contributed by atoms with Crippen LogP contribution in [0.5, 0.6) is 0 Å². The molecule has 0 aliphatic heterocycles. The average molecular weight is 296 g/mol. The van der Waals surface area contributed by atoms with Crippen molar-refractivity contribution in [2.75, 3.05) is 0 Å².